The molecule has 11 heteroatoms. The van der Waals surface area contributed by atoms with Gasteiger partial charge in [-0.15, -0.1) is 21.5 Å². The quantitative estimate of drug-likeness (QED) is 0.409. The maximum Gasteiger partial charge on any atom is 0.251 e. The van der Waals surface area contributed by atoms with E-state index in [0.29, 0.717) is 27.1 Å². The van der Waals surface area contributed by atoms with Crippen molar-refractivity contribution in [2.45, 2.75) is 43.8 Å². The van der Waals surface area contributed by atoms with Gasteiger partial charge in [-0.05, 0) is 50.3 Å². The molecule has 1 atom stereocenters. The third-order valence-corrected chi connectivity index (χ3v) is 7.87. The van der Waals surface area contributed by atoms with Gasteiger partial charge in [-0.3, -0.25) is 14.4 Å². The molecule has 0 unspecified atom stereocenters. The maximum absolute atomic E-state index is 12.6. The van der Waals surface area contributed by atoms with E-state index in [1.165, 1.54) is 23.1 Å². The maximum atomic E-state index is 12.6. The zero-order valence-corrected chi connectivity index (χ0v) is 20.6. The number of thiophene rings is 1. The number of anilines is 1. The lowest BCUT2D eigenvalue weighted by molar-refractivity contribution is -0.113. The van der Waals surface area contributed by atoms with Gasteiger partial charge in [0.1, 0.15) is 5.00 Å². The Kier molecular flexibility index (Phi) is 7.32. The van der Waals surface area contributed by atoms with Crippen LogP contribution in [0.3, 0.4) is 0 Å². The van der Waals surface area contributed by atoms with Gasteiger partial charge in [-0.1, -0.05) is 30.0 Å². The minimum absolute atomic E-state index is 0.0947. The summed E-state index contributed by atoms with van der Waals surface area (Å²) in [6.07, 6.45) is 3.82. The van der Waals surface area contributed by atoms with Crippen molar-refractivity contribution in [1.29, 1.82) is 0 Å². The molecule has 4 N–H and O–H groups in total. The van der Waals surface area contributed by atoms with Crippen LogP contribution in [0.5, 0.6) is 0 Å². The number of carbonyl (C=O) groups is 3. The second kappa shape index (κ2) is 10.4. The first-order valence-electron chi connectivity index (χ1n) is 11.0. The molecule has 4 rings (SSSR count). The topological polar surface area (TPSA) is 132 Å². The summed E-state index contributed by atoms with van der Waals surface area (Å²) < 4.78 is 1.76. The van der Waals surface area contributed by atoms with Gasteiger partial charge in [-0.2, -0.15) is 0 Å². The van der Waals surface area contributed by atoms with E-state index in [9.17, 15) is 14.4 Å². The Balaban J connectivity index is 1.37. The van der Waals surface area contributed by atoms with Crippen LogP contribution in [0.25, 0.3) is 0 Å². The van der Waals surface area contributed by atoms with Gasteiger partial charge < -0.3 is 20.9 Å². The third-order valence-electron chi connectivity index (χ3n) is 5.64. The first-order chi connectivity index (χ1) is 16.3. The van der Waals surface area contributed by atoms with Crippen molar-refractivity contribution in [3.8, 4) is 0 Å². The molecule has 0 radical (unpaired) electrons. The molecule has 3 aromatic rings. The lowest BCUT2D eigenvalue weighted by atomic mass is 9.95. The Labute approximate surface area is 205 Å². The van der Waals surface area contributed by atoms with Crippen LogP contribution in [0.15, 0.2) is 35.5 Å². The Bertz CT molecular complexity index is 1220. The predicted octanol–water partition coefficient (Wildman–Crippen LogP) is 3.08. The number of primary amides is 1. The highest BCUT2D eigenvalue weighted by Crippen LogP contribution is 2.38. The van der Waals surface area contributed by atoms with Crippen LogP contribution in [0.1, 0.15) is 62.8 Å². The number of benzene rings is 1. The van der Waals surface area contributed by atoms with E-state index in [0.717, 1.165) is 36.1 Å². The fraction of sp³-hybridized carbons (Fsp3) is 0.348. The van der Waals surface area contributed by atoms with Crippen LogP contribution in [-0.4, -0.2) is 38.2 Å². The molecule has 0 spiro atoms. The summed E-state index contributed by atoms with van der Waals surface area (Å²) in [5.41, 5.74) is 7.60. The Morgan fingerprint density at radius 2 is 1.91 bits per heavy atom. The third kappa shape index (κ3) is 5.15. The molecule has 34 heavy (non-hydrogen) atoms. The van der Waals surface area contributed by atoms with E-state index in [-0.39, 0.29) is 23.6 Å². The van der Waals surface area contributed by atoms with Gasteiger partial charge in [0, 0.05) is 17.5 Å². The normalized spacial score (nSPS) is 13.7. The van der Waals surface area contributed by atoms with Crippen LogP contribution in [0.2, 0.25) is 0 Å². The monoisotopic (exact) mass is 498 g/mol. The second-order valence-electron chi connectivity index (χ2n) is 8.08. The first kappa shape index (κ1) is 24.0. The average Bonchev–Trinajstić information content (AvgIpc) is 3.37. The zero-order chi connectivity index (χ0) is 24.2. The largest absolute Gasteiger partial charge is 0.365 e. The van der Waals surface area contributed by atoms with Gasteiger partial charge in [0.05, 0.1) is 17.4 Å². The summed E-state index contributed by atoms with van der Waals surface area (Å²) in [4.78, 5) is 38.2. The SMILES string of the molecule is C[C@H](NC(=O)c1ccccc1)c1nnc(SCC(=O)Nc2sc3c(c2C(N)=O)CCCC3)n1C. The summed E-state index contributed by atoms with van der Waals surface area (Å²) in [5.74, 6) is -0.284. The summed E-state index contributed by atoms with van der Waals surface area (Å²) in [6, 6.07) is 8.57. The molecule has 0 saturated carbocycles. The zero-order valence-electron chi connectivity index (χ0n) is 19.0. The molecule has 0 saturated heterocycles. The van der Waals surface area contributed by atoms with E-state index in [1.807, 2.05) is 13.0 Å². The van der Waals surface area contributed by atoms with Crippen molar-refractivity contribution in [2.24, 2.45) is 12.8 Å². The van der Waals surface area contributed by atoms with E-state index >= 15 is 0 Å². The Morgan fingerprint density at radius 1 is 1.18 bits per heavy atom. The number of aromatic nitrogens is 3. The number of carbonyl (C=O) groups excluding carboxylic acids is 3. The number of nitrogens with one attached hydrogen (secondary N) is 2. The van der Waals surface area contributed by atoms with E-state index < -0.39 is 5.91 Å². The number of amides is 3. The summed E-state index contributed by atoms with van der Waals surface area (Å²) >= 11 is 2.67. The summed E-state index contributed by atoms with van der Waals surface area (Å²) in [5, 5.41) is 15.2. The first-order valence-corrected chi connectivity index (χ1v) is 12.8. The summed E-state index contributed by atoms with van der Waals surface area (Å²) in [6.45, 7) is 1.83. The van der Waals surface area contributed by atoms with Crippen LogP contribution >= 0.6 is 23.1 Å². The van der Waals surface area contributed by atoms with E-state index in [1.54, 1.807) is 35.9 Å². The molecule has 0 fully saturated rings. The number of nitrogens with two attached hydrogens (primary N) is 1. The van der Waals surface area contributed by atoms with Crippen LogP contribution in [0.4, 0.5) is 5.00 Å². The molecule has 3 amide bonds. The van der Waals surface area contributed by atoms with Crippen LogP contribution < -0.4 is 16.4 Å². The van der Waals surface area contributed by atoms with Gasteiger partial charge in [0.2, 0.25) is 5.91 Å². The fourth-order valence-electron chi connectivity index (χ4n) is 3.97. The lowest BCUT2D eigenvalue weighted by Gasteiger charge is -2.13. The molecule has 0 aliphatic heterocycles. The predicted molar refractivity (Wildman–Crippen MR) is 132 cm³/mol. The average molecular weight is 499 g/mol. The van der Waals surface area contributed by atoms with Crippen molar-refractivity contribution >= 4 is 45.8 Å². The molecule has 2 aromatic heterocycles. The molecule has 0 bridgehead atoms. The molecule has 1 aromatic carbocycles. The van der Waals surface area contributed by atoms with Crippen LogP contribution in [0, 0.1) is 0 Å². The number of hydrogen-bond acceptors (Lipinski definition) is 7. The van der Waals surface area contributed by atoms with Crippen molar-refractivity contribution < 1.29 is 14.4 Å². The number of thioether (sulfide) groups is 1. The Morgan fingerprint density at radius 3 is 2.65 bits per heavy atom. The van der Waals surface area contributed by atoms with Crippen molar-refractivity contribution in [2.75, 3.05) is 11.1 Å². The van der Waals surface area contributed by atoms with Gasteiger partial charge >= 0.3 is 0 Å². The molecule has 1 aliphatic rings. The van der Waals surface area contributed by atoms with Crippen molar-refractivity contribution in [1.82, 2.24) is 20.1 Å². The number of hydrogen-bond donors (Lipinski definition) is 3. The number of nitrogens with zero attached hydrogens (tertiary/aromatic N) is 3. The van der Waals surface area contributed by atoms with Gasteiger partial charge in [-0.25, -0.2) is 0 Å². The molecule has 9 nitrogen and oxygen atoms in total. The molecule has 1 aliphatic carbocycles. The van der Waals surface area contributed by atoms with Crippen molar-refractivity contribution in [3.05, 3.63) is 57.7 Å². The lowest BCUT2D eigenvalue weighted by Crippen LogP contribution is -2.28. The van der Waals surface area contributed by atoms with E-state index in [4.69, 9.17) is 5.73 Å². The van der Waals surface area contributed by atoms with Crippen molar-refractivity contribution in [3.63, 3.8) is 0 Å². The number of aryl methyl sites for hydroxylation is 1. The second-order valence-corrected chi connectivity index (χ2v) is 10.1. The summed E-state index contributed by atoms with van der Waals surface area (Å²) in [7, 11) is 1.79. The molecule has 2 heterocycles. The van der Waals surface area contributed by atoms with E-state index in [2.05, 4.69) is 20.8 Å². The standard InChI is InChI=1S/C23H26N6O3S2/c1-13(25-21(32)14-8-4-3-5-9-14)20-27-28-23(29(20)2)33-12-17(30)26-22-18(19(24)31)15-10-6-7-11-16(15)34-22/h3-5,8-9,13H,6-7,10-12H2,1-2H3,(H2,24,31)(H,25,32)(H,26,30)/t13-/m0/s1. The molecule has 178 valence electrons. The number of fused-ring (bicyclic) bond motifs is 1. The molecular formula is C23H26N6O3S2. The minimum Gasteiger partial charge on any atom is -0.365 e. The smallest absolute Gasteiger partial charge is 0.251 e. The Hall–Kier alpha value is -3.18. The highest BCUT2D eigenvalue weighted by Gasteiger charge is 2.25. The highest BCUT2D eigenvalue weighted by atomic mass is 32.2. The minimum atomic E-state index is -0.508. The van der Waals surface area contributed by atoms with Gasteiger partial charge in [0.15, 0.2) is 11.0 Å². The highest BCUT2D eigenvalue weighted by molar-refractivity contribution is 7.99. The van der Waals surface area contributed by atoms with Crippen LogP contribution in [-0.2, 0) is 24.7 Å². The fourth-order valence-corrected chi connectivity index (χ4v) is 6.00. The van der Waals surface area contributed by atoms with Gasteiger partial charge in [0.25, 0.3) is 11.8 Å². The number of rotatable bonds is 8. The molecular weight excluding hydrogens is 472 g/mol.